The van der Waals surface area contributed by atoms with Crippen LogP contribution in [0.5, 0.6) is 0 Å². The molecular weight excluding hydrogens is 184 g/mol. The van der Waals surface area contributed by atoms with Crippen molar-refractivity contribution in [1.29, 1.82) is 0 Å². The van der Waals surface area contributed by atoms with Gasteiger partial charge in [-0.2, -0.15) is 0 Å². The van der Waals surface area contributed by atoms with Crippen molar-refractivity contribution >= 4 is 5.91 Å². The molecule has 0 rings (SSSR count). The van der Waals surface area contributed by atoms with Crippen molar-refractivity contribution in [3.8, 4) is 0 Å². The van der Waals surface area contributed by atoms with Crippen LogP contribution in [0.2, 0.25) is 0 Å². The number of hydrogen-bond donors (Lipinski definition) is 1. The summed E-state index contributed by atoms with van der Waals surface area (Å²) in [6.07, 6.45) is -0.351. The van der Waals surface area contributed by atoms with Crippen molar-refractivity contribution < 1.29 is 14.3 Å². The second-order valence-corrected chi connectivity index (χ2v) is 2.86. The van der Waals surface area contributed by atoms with E-state index in [0.717, 1.165) is 0 Å². The zero-order chi connectivity index (χ0) is 11.0. The fraction of sp³-hybridized carbons (Fsp3) is 0.889. The Balaban J connectivity index is 4.05. The molecule has 0 aliphatic heterocycles. The van der Waals surface area contributed by atoms with Gasteiger partial charge in [0.1, 0.15) is 0 Å². The highest BCUT2D eigenvalue weighted by Crippen LogP contribution is 1.97. The van der Waals surface area contributed by atoms with E-state index < -0.39 is 0 Å². The van der Waals surface area contributed by atoms with Gasteiger partial charge in [-0.1, -0.05) is 0 Å². The highest BCUT2D eigenvalue weighted by Gasteiger charge is 2.15. The molecule has 5 nitrogen and oxygen atoms in total. The standard InChI is InChI=1S/C9H20N2O3/c1-5-11(8(12)6-10-2)7-9(13-3)14-4/h9-10H,5-7H2,1-4H3. The van der Waals surface area contributed by atoms with Gasteiger partial charge in [0, 0.05) is 20.8 Å². The predicted molar refractivity (Wildman–Crippen MR) is 54.0 cm³/mol. The van der Waals surface area contributed by atoms with Gasteiger partial charge in [0.25, 0.3) is 0 Å². The average Bonchev–Trinajstić information content (AvgIpc) is 2.20. The van der Waals surface area contributed by atoms with Crippen molar-refractivity contribution in [1.82, 2.24) is 10.2 Å². The zero-order valence-corrected chi connectivity index (χ0v) is 9.37. The molecule has 0 radical (unpaired) electrons. The van der Waals surface area contributed by atoms with Crippen LogP contribution in [0.1, 0.15) is 6.92 Å². The van der Waals surface area contributed by atoms with E-state index in [2.05, 4.69) is 5.32 Å². The van der Waals surface area contributed by atoms with Gasteiger partial charge < -0.3 is 19.7 Å². The third-order valence-electron chi connectivity index (χ3n) is 1.96. The van der Waals surface area contributed by atoms with Crippen LogP contribution in [0.25, 0.3) is 0 Å². The van der Waals surface area contributed by atoms with Gasteiger partial charge in [-0.15, -0.1) is 0 Å². The van der Waals surface area contributed by atoms with Crippen molar-refractivity contribution in [2.24, 2.45) is 0 Å². The van der Waals surface area contributed by atoms with Crippen molar-refractivity contribution in [3.63, 3.8) is 0 Å². The number of methoxy groups -OCH3 is 2. The van der Waals surface area contributed by atoms with Gasteiger partial charge in [0.2, 0.25) is 5.91 Å². The lowest BCUT2D eigenvalue weighted by atomic mass is 10.4. The normalized spacial score (nSPS) is 10.6. The van der Waals surface area contributed by atoms with Gasteiger partial charge in [0.05, 0.1) is 13.1 Å². The molecule has 0 saturated heterocycles. The lowest BCUT2D eigenvalue weighted by Crippen LogP contribution is -2.42. The Morgan fingerprint density at radius 3 is 2.36 bits per heavy atom. The molecule has 0 aliphatic carbocycles. The van der Waals surface area contributed by atoms with E-state index in [1.54, 1.807) is 26.2 Å². The molecule has 0 bridgehead atoms. The topological polar surface area (TPSA) is 50.8 Å². The molecule has 5 heteroatoms. The van der Waals surface area contributed by atoms with Crippen LogP contribution >= 0.6 is 0 Å². The second-order valence-electron chi connectivity index (χ2n) is 2.86. The van der Waals surface area contributed by atoms with Crippen LogP contribution in [-0.4, -0.2) is 58.0 Å². The van der Waals surface area contributed by atoms with Crippen LogP contribution < -0.4 is 5.32 Å². The third kappa shape index (κ3) is 4.55. The first kappa shape index (κ1) is 13.4. The third-order valence-corrected chi connectivity index (χ3v) is 1.96. The predicted octanol–water partition coefficient (Wildman–Crippen LogP) is -0.327. The van der Waals surface area contributed by atoms with E-state index in [-0.39, 0.29) is 12.2 Å². The van der Waals surface area contributed by atoms with Gasteiger partial charge in [-0.05, 0) is 14.0 Å². The number of carbonyl (C=O) groups is 1. The monoisotopic (exact) mass is 204 g/mol. The highest BCUT2D eigenvalue weighted by atomic mass is 16.7. The maximum absolute atomic E-state index is 11.5. The first-order valence-corrected chi connectivity index (χ1v) is 4.67. The number of carbonyl (C=O) groups excluding carboxylic acids is 1. The summed E-state index contributed by atoms with van der Waals surface area (Å²) in [5, 5.41) is 2.82. The summed E-state index contributed by atoms with van der Waals surface area (Å²) in [5.74, 6) is 0.0501. The van der Waals surface area contributed by atoms with E-state index in [1.165, 1.54) is 0 Å². The van der Waals surface area contributed by atoms with Crippen molar-refractivity contribution in [3.05, 3.63) is 0 Å². The molecule has 0 aromatic rings. The minimum absolute atomic E-state index is 0.0501. The summed E-state index contributed by atoms with van der Waals surface area (Å²) in [6.45, 7) is 3.39. The molecule has 84 valence electrons. The molecule has 1 amide bonds. The van der Waals surface area contributed by atoms with Crippen LogP contribution in [0.4, 0.5) is 0 Å². The summed E-state index contributed by atoms with van der Waals surface area (Å²) in [5.41, 5.74) is 0. The number of nitrogens with zero attached hydrogens (tertiary/aromatic N) is 1. The minimum Gasteiger partial charge on any atom is -0.354 e. The van der Waals surface area contributed by atoms with Crippen LogP contribution in [0, 0.1) is 0 Å². The molecule has 0 aromatic carbocycles. The highest BCUT2D eigenvalue weighted by molar-refractivity contribution is 5.78. The zero-order valence-electron chi connectivity index (χ0n) is 9.37. The Kier molecular flexibility index (Phi) is 7.37. The SMILES string of the molecule is CCN(CC(OC)OC)C(=O)CNC. The maximum atomic E-state index is 11.5. The molecule has 0 heterocycles. The summed E-state index contributed by atoms with van der Waals surface area (Å²) in [7, 11) is 4.87. The Morgan fingerprint density at radius 1 is 1.43 bits per heavy atom. The van der Waals surface area contributed by atoms with E-state index in [0.29, 0.717) is 19.6 Å². The molecule has 0 aromatic heterocycles. The summed E-state index contributed by atoms with van der Waals surface area (Å²) in [4.78, 5) is 13.2. The number of rotatable bonds is 7. The molecular formula is C9H20N2O3. The molecule has 0 atom stereocenters. The second kappa shape index (κ2) is 7.73. The Labute approximate surface area is 85.4 Å². The van der Waals surface area contributed by atoms with Gasteiger partial charge in [0.15, 0.2) is 6.29 Å². The number of likely N-dealkylation sites (N-methyl/N-ethyl adjacent to an activating group) is 2. The lowest BCUT2D eigenvalue weighted by molar-refractivity contribution is -0.144. The van der Waals surface area contributed by atoms with Crippen molar-refractivity contribution in [2.45, 2.75) is 13.2 Å². The summed E-state index contributed by atoms with van der Waals surface area (Å²) in [6, 6.07) is 0. The van der Waals surface area contributed by atoms with Crippen LogP contribution in [0.3, 0.4) is 0 Å². The fourth-order valence-corrected chi connectivity index (χ4v) is 1.10. The Bertz CT molecular complexity index is 160. The van der Waals surface area contributed by atoms with Crippen LogP contribution in [-0.2, 0) is 14.3 Å². The minimum atomic E-state index is -0.351. The lowest BCUT2D eigenvalue weighted by Gasteiger charge is -2.24. The first-order valence-electron chi connectivity index (χ1n) is 4.67. The maximum Gasteiger partial charge on any atom is 0.236 e. The van der Waals surface area contributed by atoms with E-state index in [1.807, 2.05) is 6.92 Å². The molecule has 14 heavy (non-hydrogen) atoms. The van der Waals surface area contributed by atoms with Gasteiger partial charge in [-0.3, -0.25) is 4.79 Å². The molecule has 0 spiro atoms. The largest absolute Gasteiger partial charge is 0.354 e. The number of ether oxygens (including phenoxy) is 2. The summed E-state index contributed by atoms with van der Waals surface area (Å²) < 4.78 is 10.0. The molecule has 0 aliphatic rings. The van der Waals surface area contributed by atoms with E-state index in [9.17, 15) is 4.79 Å². The van der Waals surface area contributed by atoms with Gasteiger partial charge in [-0.25, -0.2) is 0 Å². The fourth-order valence-electron chi connectivity index (χ4n) is 1.10. The molecule has 1 N–H and O–H groups in total. The average molecular weight is 204 g/mol. The first-order chi connectivity index (χ1) is 6.69. The Hall–Kier alpha value is -0.650. The summed E-state index contributed by atoms with van der Waals surface area (Å²) >= 11 is 0. The van der Waals surface area contributed by atoms with Gasteiger partial charge >= 0.3 is 0 Å². The molecule has 0 fully saturated rings. The Morgan fingerprint density at radius 2 is 2.00 bits per heavy atom. The number of hydrogen-bond acceptors (Lipinski definition) is 4. The molecule has 0 unspecified atom stereocenters. The molecule has 0 saturated carbocycles. The number of nitrogens with one attached hydrogen (secondary N) is 1. The van der Waals surface area contributed by atoms with Crippen molar-refractivity contribution in [2.75, 3.05) is 40.9 Å². The van der Waals surface area contributed by atoms with E-state index in [4.69, 9.17) is 9.47 Å². The number of amides is 1. The van der Waals surface area contributed by atoms with Crippen LogP contribution in [0.15, 0.2) is 0 Å². The smallest absolute Gasteiger partial charge is 0.236 e. The quantitative estimate of drug-likeness (QED) is 0.577. The van der Waals surface area contributed by atoms with E-state index >= 15 is 0 Å².